The van der Waals surface area contributed by atoms with Gasteiger partial charge in [0.25, 0.3) is 5.91 Å². The Morgan fingerprint density at radius 1 is 1.27 bits per heavy atom. The molecule has 1 aliphatic carbocycles. The number of piperidine rings is 1. The molecule has 2 atom stereocenters. The van der Waals surface area contributed by atoms with E-state index in [1.54, 1.807) is 0 Å². The molecule has 0 bridgehead atoms. The van der Waals surface area contributed by atoms with Crippen molar-refractivity contribution in [2.75, 3.05) is 13.1 Å². The second kappa shape index (κ2) is 5.36. The Balaban J connectivity index is 1.59. The first-order valence-electron chi connectivity index (χ1n) is 8.35. The van der Waals surface area contributed by atoms with Crippen LogP contribution in [0.2, 0.25) is 0 Å². The number of carbonyl (C=O) groups excluding carboxylic acids is 1. The maximum absolute atomic E-state index is 13.0. The van der Waals surface area contributed by atoms with Crippen LogP contribution in [0.3, 0.4) is 0 Å². The molecule has 118 valence electrons. The van der Waals surface area contributed by atoms with E-state index in [1.165, 1.54) is 0 Å². The minimum absolute atomic E-state index is 0.0532. The van der Waals surface area contributed by atoms with Crippen LogP contribution in [0.15, 0.2) is 18.2 Å². The van der Waals surface area contributed by atoms with E-state index in [0.29, 0.717) is 19.8 Å². The van der Waals surface area contributed by atoms with Crippen molar-refractivity contribution in [1.82, 2.24) is 4.90 Å². The van der Waals surface area contributed by atoms with Gasteiger partial charge in [-0.05, 0) is 42.9 Å². The Morgan fingerprint density at radius 2 is 2.14 bits per heavy atom. The van der Waals surface area contributed by atoms with E-state index >= 15 is 0 Å². The number of rotatable bonds is 1. The molecule has 2 heterocycles. The van der Waals surface area contributed by atoms with Gasteiger partial charge in [0.15, 0.2) is 0 Å². The number of benzene rings is 1. The average Bonchev–Trinajstić information content (AvgIpc) is 3.14. The molecule has 0 aromatic heterocycles. The van der Waals surface area contributed by atoms with Crippen LogP contribution in [0.1, 0.15) is 53.6 Å². The van der Waals surface area contributed by atoms with E-state index in [1.807, 2.05) is 23.1 Å². The first-order chi connectivity index (χ1) is 10.7. The monoisotopic (exact) mass is 301 g/mol. The lowest BCUT2D eigenvalue weighted by molar-refractivity contribution is -0.00543. The van der Waals surface area contributed by atoms with Gasteiger partial charge in [-0.1, -0.05) is 18.6 Å². The molecule has 4 heteroatoms. The first-order valence-corrected chi connectivity index (χ1v) is 8.35. The number of likely N-dealkylation sites (tertiary alicyclic amines) is 1. The fourth-order valence-electron chi connectivity index (χ4n) is 4.50. The first kappa shape index (κ1) is 14.2. The molecule has 4 rings (SSSR count). The Hall–Kier alpha value is -1.39. The van der Waals surface area contributed by atoms with Crippen LogP contribution in [0.5, 0.6) is 0 Å². The Labute approximate surface area is 131 Å². The van der Waals surface area contributed by atoms with E-state index in [9.17, 15) is 9.90 Å². The standard InChI is InChI=1S/C18H23NO3/c20-16-6-2-7-18(16)8-3-9-19(12-18)17(21)14-5-1-4-13-10-22-11-15(13)14/h1,4-5,16,20H,2-3,6-12H2/t16-,18+/m1/s1. The SMILES string of the molecule is O=C(c1cccc2c1COC2)N1CCC[C@@]2(CCC[C@H]2O)C1. The van der Waals surface area contributed by atoms with Gasteiger partial charge in [-0.25, -0.2) is 0 Å². The molecule has 0 unspecified atom stereocenters. The summed E-state index contributed by atoms with van der Waals surface area (Å²) in [5.41, 5.74) is 2.93. The molecule has 2 fully saturated rings. The quantitative estimate of drug-likeness (QED) is 0.867. The molecule has 22 heavy (non-hydrogen) atoms. The molecule has 1 amide bonds. The molecule has 2 aliphatic heterocycles. The molecule has 3 aliphatic rings. The molecule has 1 spiro atoms. The fraction of sp³-hybridized carbons (Fsp3) is 0.611. The molecule has 1 aromatic carbocycles. The number of carbonyl (C=O) groups is 1. The van der Waals surface area contributed by atoms with E-state index in [2.05, 4.69) is 0 Å². The van der Waals surface area contributed by atoms with Crippen molar-refractivity contribution in [3.05, 3.63) is 34.9 Å². The molecular formula is C18H23NO3. The van der Waals surface area contributed by atoms with Crippen LogP contribution in [-0.4, -0.2) is 35.1 Å². The zero-order valence-electron chi connectivity index (χ0n) is 12.9. The summed E-state index contributed by atoms with van der Waals surface area (Å²) in [6.45, 7) is 2.66. The third-order valence-electron chi connectivity index (χ3n) is 5.76. The van der Waals surface area contributed by atoms with Gasteiger partial charge in [0.05, 0.1) is 19.3 Å². The number of fused-ring (bicyclic) bond motifs is 1. The Morgan fingerprint density at radius 3 is 2.95 bits per heavy atom. The van der Waals surface area contributed by atoms with Crippen LogP contribution in [-0.2, 0) is 18.0 Å². The van der Waals surface area contributed by atoms with E-state index in [4.69, 9.17) is 4.74 Å². The van der Waals surface area contributed by atoms with Gasteiger partial charge >= 0.3 is 0 Å². The molecule has 0 radical (unpaired) electrons. The smallest absolute Gasteiger partial charge is 0.254 e. The van der Waals surface area contributed by atoms with Crippen molar-refractivity contribution in [2.45, 2.75) is 51.4 Å². The molecule has 1 saturated heterocycles. The van der Waals surface area contributed by atoms with Gasteiger partial charge in [-0.2, -0.15) is 0 Å². The van der Waals surface area contributed by atoms with Crippen molar-refractivity contribution in [3.8, 4) is 0 Å². The minimum atomic E-state index is -0.243. The zero-order chi connectivity index (χ0) is 15.2. The normalized spacial score (nSPS) is 30.8. The van der Waals surface area contributed by atoms with Crippen LogP contribution >= 0.6 is 0 Å². The van der Waals surface area contributed by atoms with E-state index in [0.717, 1.165) is 55.3 Å². The summed E-state index contributed by atoms with van der Waals surface area (Å²) in [5.74, 6) is 0.112. The lowest BCUT2D eigenvalue weighted by Crippen LogP contribution is -2.49. The third-order valence-corrected chi connectivity index (χ3v) is 5.76. The van der Waals surface area contributed by atoms with E-state index in [-0.39, 0.29) is 17.4 Å². The molecule has 1 saturated carbocycles. The summed E-state index contributed by atoms with van der Waals surface area (Å²) < 4.78 is 5.49. The molecule has 1 aromatic rings. The fourth-order valence-corrected chi connectivity index (χ4v) is 4.50. The summed E-state index contributed by atoms with van der Waals surface area (Å²) in [6, 6.07) is 5.91. The number of nitrogens with zero attached hydrogens (tertiary/aromatic N) is 1. The van der Waals surface area contributed by atoms with Crippen molar-refractivity contribution >= 4 is 5.91 Å². The Bertz CT molecular complexity index is 600. The molecule has 4 nitrogen and oxygen atoms in total. The van der Waals surface area contributed by atoms with Crippen molar-refractivity contribution in [1.29, 1.82) is 0 Å². The number of amides is 1. The third kappa shape index (κ3) is 2.17. The number of aliphatic hydroxyl groups is 1. The zero-order valence-corrected chi connectivity index (χ0v) is 12.9. The highest BCUT2D eigenvalue weighted by molar-refractivity contribution is 5.96. The van der Waals surface area contributed by atoms with Gasteiger partial charge < -0.3 is 14.7 Å². The minimum Gasteiger partial charge on any atom is -0.392 e. The predicted octanol–water partition coefficient (Wildman–Crippen LogP) is 2.48. The number of aliphatic hydroxyl groups excluding tert-OH is 1. The van der Waals surface area contributed by atoms with Crippen molar-refractivity contribution < 1.29 is 14.6 Å². The summed E-state index contributed by atoms with van der Waals surface area (Å²) in [6.07, 6.45) is 4.82. The maximum atomic E-state index is 13.0. The van der Waals surface area contributed by atoms with Crippen LogP contribution in [0.4, 0.5) is 0 Å². The predicted molar refractivity (Wildman–Crippen MR) is 82.4 cm³/mol. The lowest BCUT2D eigenvalue weighted by atomic mass is 9.76. The van der Waals surface area contributed by atoms with Crippen molar-refractivity contribution in [2.24, 2.45) is 5.41 Å². The molecular weight excluding hydrogens is 278 g/mol. The lowest BCUT2D eigenvalue weighted by Gasteiger charge is -2.42. The van der Waals surface area contributed by atoms with Crippen molar-refractivity contribution in [3.63, 3.8) is 0 Å². The van der Waals surface area contributed by atoms with Gasteiger partial charge in [0, 0.05) is 24.1 Å². The van der Waals surface area contributed by atoms with Crippen LogP contribution < -0.4 is 0 Å². The highest BCUT2D eigenvalue weighted by Crippen LogP contribution is 2.45. The highest BCUT2D eigenvalue weighted by atomic mass is 16.5. The number of ether oxygens (including phenoxy) is 1. The summed E-state index contributed by atoms with van der Waals surface area (Å²) in [5, 5.41) is 10.4. The summed E-state index contributed by atoms with van der Waals surface area (Å²) >= 11 is 0. The van der Waals surface area contributed by atoms with Crippen LogP contribution in [0.25, 0.3) is 0 Å². The van der Waals surface area contributed by atoms with Gasteiger partial charge in [0.1, 0.15) is 0 Å². The second-order valence-corrected chi connectivity index (χ2v) is 7.04. The topological polar surface area (TPSA) is 49.8 Å². The van der Waals surface area contributed by atoms with E-state index < -0.39 is 0 Å². The Kier molecular flexibility index (Phi) is 3.46. The summed E-state index contributed by atoms with van der Waals surface area (Å²) in [4.78, 5) is 15.0. The molecule has 1 N–H and O–H groups in total. The number of hydrogen-bond acceptors (Lipinski definition) is 3. The van der Waals surface area contributed by atoms with Gasteiger partial charge in [-0.3, -0.25) is 4.79 Å². The number of hydrogen-bond donors (Lipinski definition) is 1. The van der Waals surface area contributed by atoms with Gasteiger partial charge in [-0.15, -0.1) is 0 Å². The average molecular weight is 301 g/mol. The highest BCUT2D eigenvalue weighted by Gasteiger charge is 2.45. The second-order valence-electron chi connectivity index (χ2n) is 7.04. The maximum Gasteiger partial charge on any atom is 0.254 e. The van der Waals surface area contributed by atoms with Gasteiger partial charge in [0.2, 0.25) is 0 Å². The summed E-state index contributed by atoms with van der Waals surface area (Å²) in [7, 11) is 0. The largest absolute Gasteiger partial charge is 0.392 e. The van der Waals surface area contributed by atoms with Crippen LogP contribution in [0, 0.1) is 5.41 Å².